The molecule has 0 radical (unpaired) electrons. The Labute approximate surface area is 333 Å². The normalized spacial score (nSPS) is 29.4. The number of fused-ring (bicyclic) bond motifs is 4. The molecule has 2 aromatic carbocycles. The topological polar surface area (TPSA) is 156 Å². The van der Waals surface area contributed by atoms with Gasteiger partial charge < -0.3 is 24.4 Å². The SMILES string of the molecule is COc1nn(C)cc1C(=O)N[S@@]1(=O)=NC(=O)c2ccc3c(c2)N(C[C@@H]2CC[C@H]2C(O)(CC(=O)N(C)C)/C=C/C[C@H](C)C1)C[C@@]1(CCCc2cc(Cl)ccc21)CO3. The number of nitrogens with one attached hydrogen (secondary N) is 1. The van der Waals surface area contributed by atoms with Crippen LogP contribution in [0.25, 0.3) is 0 Å². The molecule has 300 valence electrons. The molecular weight excluding hydrogens is 756 g/mol. The van der Waals surface area contributed by atoms with Crippen molar-refractivity contribution in [3.8, 4) is 11.6 Å². The average Bonchev–Trinajstić information content (AvgIpc) is 3.44. The highest BCUT2D eigenvalue weighted by Gasteiger charge is 2.49. The maximum absolute atomic E-state index is 14.7. The Bertz CT molecular complexity index is 2200. The molecule has 2 N–H and O–H groups in total. The van der Waals surface area contributed by atoms with Gasteiger partial charge in [0.25, 0.3) is 11.8 Å². The summed E-state index contributed by atoms with van der Waals surface area (Å²) in [5.41, 5.74) is 1.50. The Balaban J connectivity index is 1.34. The molecule has 1 aromatic heterocycles. The average molecular weight is 807 g/mol. The fourth-order valence-electron chi connectivity index (χ4n) is 8.91. The lowest BCUT2D eigenvalue weighted by molar-refractivity contribution is -0.137. The Morgan fingerprint density at radius 1 is 1.20 bits per heavy atom. The predicted molar refractivity (Wildman–Crippen MR) is 215 cm³/mol. The van der Waals surface area contributed by atoms with Gasteiger partial charge in [0.15, 0.2) is 0 Å². The molecule has 2 bridgehead atoms. The first-order chi connectivity index (χ1) is 26.6. The highest BCUT2D eigenvalue weighted by Crippen LogP contribution is 2.49. The van der Waals surface area contributed by atoms with Gasteiger partial charge in [-0.25, -0.2) is 4.21 Å². The Kier molecular flexibility index (Phi) is 11.0. The third-order valence-corrected chi connectivity index (χ3v) is 14.1. The van der Waals surface area contributed by atoms with Crippen molar-refractivity contribution in [3.05, 3.63) is 82.0 Å². The van der Waals surface area contributed by atoms with Crippen molar-refractivity contribution < 1.29 is 33.2 Å². The largest absolute Gasteiger partial charge is 0.490 e. The fraction of sp³-hybridized carbons (Fsp3) is 0.512. The van der Waals surface area contributed by atoms with Crippen LogP contribution < -0.4 is 19.1 Å². The van der Waals surface area contributed by atoms with Gasteiger partial charge in [-0.3, -0.25) is 23.8 Å². The number of anilines is 1. The van der Waals surface area contributed by atoms with Crippen molar-refractivity contribution in [1.29, 1.82) is 0 Å². The van der Waals surface area contributed by atoms with Gasteiger partial charge in [0.05, 0.1) is 37.2 Å². The molecule has 1 saturated carbocycles. The molecule has 1 spiro atoms. The second kappa shape index (κ2) is 15.5. The summed E-state index contributed by atoms with van der Waals surface area (Å²) >= 11 is 6.47. The van der Waals surface area contributed by atoms with E-state index in [-0.39, 0.29) is 58.3 Å². The van der Waals surface area contributed by atoms with E-state index < -0.39 is 27.3 Å². The van der Waals surface area contributed by atoms with E-state index in [0.717, 1.165) is 32.1 Å². The van der Waals surface area contributed by atoms with Crippen LogP contribution in [0.4, 0.5) is 5.69 Å². The van der Waals surface area contributed by atoms with Gasteiger partial charge in [0, 0.05) is 56.4 Å². The second-order valence-electron chi connectivity index (χ2n) is 16.3. The smallest absolute Gasteiger partial charge is 0.286 e. The summed E-state index contributed by atoms with van der Waals surface area (Å²) in [5, 5.41) is 17.3. The Morgan fingerprint density at radius 3 is 2.73 bits per heavy atom. The minimum atomic E-state index is -3.73. The van der Waals surface area contributed by atoms with E-state index in [2.05, 4.69) is 25.1 Å². The van der Waals surface area contributed by atoms with Crippen LogP contribution in [0.5, 0.6) is 11.6 Å². The number of allylic oxidation sites excluding steroid dienone is 1. The summed E-state index contributed by atoms with van der Waals surface area (Å²) in [6.45, 7) is 3.37. The third kappa shape index (κ3) is 7.92. The van der Waals surface area contributed by atoms with Crippen LogP contribution >= 0.6 is 11.6 Å². The molecule has 3 heterocycles. The zero-order chi connectivity index (χ0) is 40.0. The summed E-state index contributed by atoms with van der Waals surface area (Å²) in [5.74, 6) is -1.74. The van der Waals surface area contributed by atoms with Crippen molar-refractivity contribution in [2.45, 2.75) is 62.9 Å². The monoisotopic (exact) mass is 806 g/mol. The number of halogens is 1. The van der Waals surface area contributed by atoms with Crippen molar-refractivity contribution in [1.82, 2.24) is 19.4 Å². The van der Waals surface area contributed by atoms with Gasteiger partial charge in [-0.1, -0.05) is 36.7 Å². The lowest BCUT2D eigenvalue weighted by Crippen LogP contribution is -2.53. The van der Waals surface area contributed by atoms with E-state index in [1.165, 1.54) is 34.0 Å². The molecular formula is C41H51ClN6O7S. The first-order valence-corrected chi connectivity index (χ1v) is 21.3. The number of amides is 3. The van der Waals surface area contributed by atoms with Crippen molar-refractivity contribution >= 4 is 44.9 Å². The van der Waals surface area contributed by atoms with Gasteiger partial charge in [-0.15, -0.1) is 9.46 Å². The van der Waals surface area contributed by atoms with Crippen LogP contribution in [0.15, 0.2) is 59.1 Å². The van der Waals surface area contributed by atoms with E-state index in [1.54, 1.807) is 45.4 Å². The quantitative estimate of drug-likeness (QED) is 0.325. The van der Waals surface area contributed by atoms with E-state index in [1.807, 2.05) is 25.1 Å². The number of methoxy groups -OCH3 is 1. The second-order valence-corrected chi connectivity index (χ2v) is 18.7. The van der Waals surface area contributed by atoms with E-state index in [4.69, 9.17) is 21.1 Å². The zero-order valence-electron chi connectivity index (χ0n) is 32.6. The molecule has 4 aliphatic rings. The van der Waals surface area contributed by atoms with Crippen LogP contribution in [0.1, 0.15) is 77.3 Å². The number of aliphatic hydroxyl groups is 1. The fourth-order valence-corrected chi connectivity index (χ4v) is 11.0. The number of benzene rings is 2. The molecule has 56 heavy (non-hydrogen) atoms. The van der Waals surface area contributed by atoms with Crippen LogP contribution in [0.2, 0.25) is 5.02 Å². The number of hydrogen-bond donors (Lipinski definition) is 2. The minimum Gasteiger partial charge on any atom is -0.490 e. The molecule has 0 saturated heterocycles. The first-order valence-electron chi connectivity index (χ1n) is 19.2. The minimum absolute atomic E-state index is 0.0312. The third-order valence-electron chi connectivity index (χ3n) is 11.9. The van der Waals surface area contributed by atoms with Crippen LogP contribution in [-0.4, -0.2) is 94.0 Å². The Morgan fingerprint density at radius 2 is 2.00 bits per heavy atom. The molecule has 6 atom stereocenters. The first kappa shape index (κ1) is 39.8. The van der Waals surface area contributed by atoms with Gasteiger partial charge in [0.2, 0.25) is 11.8 Å². The standard InChI is InChI=1S/C41H51ClN6O7S/c1-26-8-6-17-41(52,20-36(49)46(2)3)33-13-10-29(33)21-48-24-40(16-7-9-27-18-30(42)12-14-32(27)40)25-55-35-15-11-28(19-34(35)48)37(50)44-56(53,23-26)45-38(51)31-22-47(4)43-39(31)54-5/h6,11-12,14-15,17-19,22,26,29,33,52H,7-10,13,16,20-21,23-25H2,1-5H3,(H,44,45,50,51,53)/b17-6+/t26-,29-,33+,40-,41?,56-/m0/s1. The summed E-state index contributed by atoms with van der Waals surface area (Å²) < 4.78 is 34.8. The molecule has 2 aliphatic carbocycles. The molecule has 3 aromatic rings. The summed E-state index contributed by atoms with van der Waals surface area (Å²) in [4.78, 5) is 44.7. The van der Waals surface area contributed by atoms with Crippen LogP contribution in [0.3, 0.4) is 0 Å². The van der Waals surface area contributed by atoms with Crippen LogP contribution in [-0.2, 0) is 33.6 Å². The number of ether oxygens (including phenoxy) is 2. The summed E-state index contributed by atoms with van der Waals surface area (Å²) in [6, 6.07) is 11.2. The van der Waals surface area contributed by atoms with Crippen LogP contribution in [0, 0.1) is 17.8 Å². The molecule has 7 rings (SSSR count). The molecule has 2 aliphatic heterocycles. The van der Waals surface area contributed by atoms with Gasteiger partial charge in [0.1, 0.15) is 21.2 Å². The molecule has 15 heteroatoms. The highest BCUT2D eigenvalue weighted by molar-refractivity contribution is 7.92. The van der Waals surface area contributed by atoms with E-state index in [9.17, 15) is 23.7 Å². The zero-order valence-corrected chi connectivity index (χ0v) is 34.2. The lowest BCUT2D eigenvalue weighted by atomic mass is 9.63. The van der Waals surface area contributed by atoms with E-state index >= 15 is 0 Å². The molecule has 1 fully saturated rings. The number of carbonyl (C=O) groups excluding carboxylic acids is 3. The Hall–Kier alpha value is -4.40. The highest BCUT2D eigenvalue weighted by atomic mass is 35.5. The van der Waals surface area contributed by atoms with E-state index in [0.29, 0.717) is 42.6 Å². The summed E-state index contributed by atoms with van der Waals surface area (Å²) in [6.07, 6.45) is 9.60. The number of aryl methyl sites for hydroxylation is 2. The van der Waals surface area contributed by atoms with Gasteiger partial charge in [-0.2, -0.15) is 0 Å². The number of nitrogens with zero attached hydrogens (tertiary/aromatic N) is 5. The van der Waals surface area contributed by atoms with Crippen molar-refractivity contribution in [3.63, 3.8) is 0 Å². The predicted octanol–water partition coefficient (Wildman–Crippen LogP) is 5.34. The maximum atomic E-state index is 14.7. The van der Waals surface area contributed by atoms with Gasteiger partial charge >= 0.3 is 0 Å². The van der Waals surface area contributed by atoms with Crippen molar-refractivity contribution in [2.24, 2.45) is 29.2 Å². The number of carbonyl (C=O) groups is 3. The van der Waals surface area contributed by atoms with Gasteiger partial charge in [-0.05, 0) is 97.7 Å². The van der Waals surface area contributed by atoms with Crippen molar-refractivity contribution in [2.75, 3.05) is 51.6 Å². The number of rotatable bonds is 5. The maximum Gasteiger partial charge on any atom is 0.286 e. The lowest BCUT2D eigenvalue weighted by Gasteiger charge is -2.49. The summed E-state index contributed by atoms with van der Waals surface area (Å²) in [7, 11) is 2.65. The molecule has 13 nitrogen and oxygen atoms in total. The number of aromatic nitrogens is 2. The molecule has 1 unspecified atom stereocenters. The molecule has 3 amide bonds. The number of hydrogen-bond acceptors (Lipinski definition) is 9.